The van der Waals surface area contributed by atoms with Crippen LogP contribution in [0.5, 0.6) is 0 Å². The normalized spacial score (nSPS) is 18.1. The Kier molecular flexibility index (Phi) is 5.29. The Morgan fingerprint density at radius 2 is 1.63 bits per heavy atom. The van der Waals surface area contributed by atoms with Crippen LogP contribution in [-0.4, -0.2) is 30.8 Å². The molecule has 0 spiro atoms. The Bertz CT molecular complexity index is 435. The molecule has 0 aromatic heterocycles. The van der Waals surface area contributed by atoms with Gasteiger partial charge in [-0.25, -0.2) is 8.42 Å². The Morgan fingerprint density at radius 1 is 1.21 bits per heavy atom. The van der Waals surface area contributed by atoms with Gasteiger partial charge >= 0.3 is 12.4 Å². The molecule has 0 rings (SSSR count). The van der Waals surface area contributed by atoms with Gasteiger partial charge in [-0.15, -0.1) is 0 Å². The molecule has 0 aliphatic carbocycles. The maximum absolute atomic E-state index is 12.3. The molecule has 114 valence electrons. The molecule has 0 radical (unpaired) electrons. The lowest BCUT2D eigenvalue weighted by Crippen LogP contribution is -2.38. The third-order valence-electron chi connectivity index (χ3n) is 2.04. The van der Waals surface area contributed by atoms with Gasteiger partial charge < -0.3 is 9.29 Å². The van der Waals surface area contributed by atoms with Crippen LogP contribution in [0.4, 0.5) is 26.3 Å². The number of allylic oxidation sites excluding steroid dienone is 1. The van der Waals surface area contributed by atoms with Crippen LogP contribution in [0, 0.1) is 5.92 Å². The van der Waals surface area contributed by atoms with Crippen molar-refractivity contribution in [1.82, 2.24) is 0 Å². The van der Waals surface area contributed by atoms with Crippen LogP contribution in [-0.2, 0) is 14.9 Å². The lowest BCUT2D eigenvalue weighted by Gasteiger charge is -2.27. The molecule has 0 aliphatic heterocycles. The van der Waals surface area contributed by atoms with Gasteiger partial charge in [-0.1, -0.05) is 0 Å². The third kappa shape index (κ3) is 5.68. The van der Waals surface area contributed by atoms with E-state index in [4.69, 9.17) is 0 Å². The lowest BCUT2D eigenvalue weighted by atomic mass is 10.2. The second-order valence-electron chi connectivity index (χ2n) is 3.63. The van der Waals surface area contributed by atoms with E-state index in [0.29, 0.717) is 13.8 Å². The molecule has 0 aromatic rings. The molecule has 2 atom stereocenters. The van der Waals surface area contributed by atoms with Crippen LogP contribution in [0.3, 0.4) is 0 Å². The smallest absolute Gasteiger partial charge is 0.415 e. The number of alkyl halides is 6. The van der Waals surface area contributed by atoms with E-state index in [2.05, 4.69) is 4.74 Å². The highest BCUT2D eigenvalue weighted by molar-refractivity contribution is 7.86. The zero-order chi connectivity index (χ0) is 15.6. The van der Waals surface area contributed by atoms with E-state index >= 15 is 0 Å². The summed E-state index contributed by atoms with van der Waals surface area (Å²) in [5, 5.41) is 0. The molecule has 0 fully saturated rings. The molecular formula is C8H9F6O4S-. The van der Waals surface area contributed by atoms with Gasteiger partial charge in [0, 0.05) is 0 Å². The van der Waals surface area contributed by atoms with Gasteiger partial charge in [-0.05, 0) is 13.8 Å². The van der Waals surface area contributed by atoms with E-state index in [9.17, 15) is 39.3 Å². The van der Waals surface area contributed by atoms with E-state index in [1.165, 1.54) is 0 Å². The fourth-order valence-electron chi connectivity index (χ4n) is 0.826. The number of ether oxygens (including phenoxy) is 1. The van der Waals surface area contributed by atoms with Crippen molar-refractivity contribution in [1.29, 1.82) is 0 Å². The Labute approximate surface area is 104 Å². The molecule has 0 saturated heterocycles. The summed E-state index contributed by atoms with van der Waals surface area (Å²) in [7, 11) is -5.59. The van der Waals surface area contributed by atoms with Crippen molar-refractivity contribution < 1.29 is 44.0 Å². The largest absolute Gasteiger partial charge is 0.745 e. The van der Waals surface area contributed by atoms with Crippen molar-refractivity contribution in [2.45, 2.75) is 31.6 Å². The average molecular weight is 315 g/mol. The predicted octanol–water partition coefficient (Wildman–Crippen LogP) is 2.54. The van der Waals surface area contributed by atoms with Gasteiger partial charge in [-0.3, -0.25) is 0 Å². The molecule has 0 heterocycles. The monoisotopic (exact) mass is 315 g/mol. The predicted molar refractivity (Wildman–Crippen MR) is 49.6 cm³/mol. The van der Waals surface area contributed by atoms with Gasteiger partial charge in [0.25, 0.3) is 0 Å². The maximum Gasteiger partial charge on any atom is 0.415 e. The first kappa shape index (κ1) is 18.0. The SMILES string of the molecule is CC(=COC(C(C)C(F)(F)F)S(=O)(=O)[O-])C(F)(F)F. The molecule has 0 saturated carbocycles. The molecule has 0 N–H and O–H groups in total. The molecule has 4 nitrogen and oxygen atoms in total. The van der Waals surface area contributed by atoms with Crippen LogP contribution < -0.4 is 0 Å². The number of hydrogen-bond acceptors (Lipinski definition) is 4. The van der Waals surface area contributed by atoms with E-state index in [1.807, 2.05) is 0 Å². The van der Waals surface area contributed by atoms with Crippen LogP contribution >= 0.6 is 0 Å². The van der Waals surface area contributed by atoms with Gasteiger partial charge in [0.05, 0.1) is 11.8 Å². The second kappa shape index (κ2) is 5.57. The molecule has 19 heavy (non-hydrogen) atoms. The standard InChI is InChI=1S/C8H10F6O4S/c1-4(7(9,10)11)3-18-6(19(15,16)17)5(2)8(12,13)14/h3,5-6H,1-2H3,(H,15,16,17)/p-1. The van der Waals surface area contributed by atoms with Crippen molar-refractivity contribution in [3.63, 3.8) is 0 Å². The van der Waals surface area contributed by atoms with Crippen molar-refractivity contribution >= 4 is 10.1 Å². The van der Waals surface area contributed by atoms with Crippen LogP contribution in [0.15, 0.2) is 11.8 Å². The summed E-state index contributed by atoms with van der Waals surface area (Å²) in [5.74, 6) is -2.77. The maximum atomic E-state index is 12.3. The summed E-state index contributed by atoms with van der Waals surface area (Å²) in [6, 6.07) is 0. The van der Waals surface area contributed by atoms with E-state index in [-0.39, 0.29) is 6.26 Å². The highest BCUT2D eigenvalue weighted by atomic mass is 32.2. The second-order valence-corrected chi connectivity index (χ2v) is 5.08. The Morgan fingerprint density at radius 3 is 1.89 bits per heavy atom. The lowest BCUT2D eigenvalue weighted by molar-refractivity contribution is -0.185. The van der Waals surface area contributed by atoms with Gasteiger partial charge in [-0.2, -0.15) is 26.3 Å². The van der Waals surface area contributed by atoms with Gasteiger partial charge in [0.1, 0.15) is 16.0 Å². The van der Waals surface area contributed by atoms with Crippen LogP contribution in [0.2, 0.25) is 0 Å². The minimum Gasteiger partial charge on any atom is -0.745 e. The number of halogens is 6. The van der Waals surface area contributed by atoms with Crippen molar-refractivity contribution in [3.8, 4) is 0 Å². The Balaban J connectivity index is 5.26. The van der Waals surface area contributed by atoms with Crippen molar-refractivity contribution in [3.05, 3.63) is 11.8 Å². The molecule has 0 amide bonds. The first-order valence-corrected chi connectivity index (χ1v) is 6.05. The minimum atomic E-state index is -5.59. The summed E-state index contributed by atoms with van der Waals surface area (Å²) in [6.07, 6.45) is -10.2. The summed E-state index contributed by atoms with van der Waals surface area (Å²) in [6.45, 7) is 0.767. The topological polar surface area (TPSA) is 66.4 Å². The number of hydrogen-bond donors (Lipinski definition) is 0. The summed E-state index contributed by atoms with van der Waals surface area (Å²) in [4.78, 5) is 0. The minimum absolute atomic E-state index is 0.220. The first-order chi connectivity index (χ1) is 8.17. The van der Waals surface area contributed by atoms with Gasteiger partial charge in [0.2, 0.25) is 0 Å². The molecule has 0 bridgehead atoms. The summed E-state index contributed by atoms with van der Waals surface area (Å²) in [5.41, 5.74) is -4.46. The molecule has 2 unspecified atom stereocenters. The highest BCUT2D eigenvalue weighted by Crippen LogP contribution is 2.33. The van der Waals surface area contributed by atoms with E-state index in [1.54, 1.807) is 0 Å². The third-order valence-corrected chi connectivity index (χ3v) is 3.12. The van der Waals surface area contributed by atoms with Gasteiger partial charge in [0.15, 0.2) is 5.44 Å². The fraction of sp³-hybridized carbons (Fsp3) is 0.750. The highest BCUT2D eigenvalue weighted by Gasteiger charge is 2.45. The molecule has 0 aromatic carbocycles. The van der Waals surface area contributed by atoms with Crippen molar-refractivity contribution in [2.24, 2.45) is 5.92 Å². The quantitative estimate of drug-likeness (QED) is 0.454. The summed E-state index contributed by atoms with van der Waals surface area (Å²) >= 11 is 0. The molecule has 0 aliphatic rings. The van der Waals surface area contributed by atoms with E-state index in [0.717, 1.165) is 0 Å². The first-order valence-electron chi connectivity index (χ1n) is 4.58. The summed E-state index contributed by atoms with van der Waals surface area (Å²) < 4.78 is 109. The zero-order valence-corrected chi connectivity index (χ0v) is 10.4. The van der Waals surface area contributed by atoms with Crippen LogP contribution in [0.25, 0.3) is 0 Å². The average Bonchev–Trinajstić information content (AvgIpc) is 2.12. The van der Waals surface area contributed by atoms with Crippen molar-refractivity contribution in [2.75, 3.05) is 0 Å². The fourth-order valence-corrected chi connectivity index (χ4v) is 1.67. The Hall–Kier alpha value is -0.970. The van der Waals surface area contributed by atoms with E-state index < -0.39 is 39.4 Å². The number of rotatable bonds is 4. The van der Waals surface area contributed by atoms with Crippen LogP contribution in [0.1, 0.15) is 13.8 Å². The molecule has 11 heteroatoms. The zero-order valence-electron chi connectivity index (χ0n) is 9.54. The molecular weight excluding hydrogens is 306 g/mol.